The highest BCUT2D eigenvalue weighted by atomic mass is 16.6. The second-order valence-electron chi connectivity index (χ2n) is 5.20. The first-order valence-electron chi connectivity index (χ1n) is 6.69. The number of nitrogens with zero attached hydrogens (tertiary/aromatic N) is 1. The summed E-state index contributed by atoms with van der Waals surface area (Å²) in [6, 6.07) is 9.17. The van der Waals surface area contributed by atoms with Crippen LogP contribution in [0.4, 0.5) is 4.79 Å². The van der Waals surface area contributed by atoms with Gasteiger partial charge in [-0.1, -0.05) is 44.2 Å². The van der Waals surface area contributed by atoms with Crippen molar-refractivity contribution in [1.29, 1.82) is 0 Å². The summed E-state index contributed by atoms with van der Waals surface area (Å²) in [6.45, 7) is 6.21. The first kappa shape index (κ1) is 15.5. The Morgan fingerprint density at radius 1 is 1.21 bits per heavy atom. The van der Waals surface area contributed by atoms with Crippen LogP contribution in [0.2, 0.25) is 0 Å². The summed E-state index contributed by atoms with van der Waals surface area (Å²) in [5.41, 5.74) is 0.902. The molecule has 1 N–H and O–H groups in total. The molecule has 4 nitrogen and oxygen atoms in total. The van der Waals surface area contributed by atoms with Gasteiger partial charge in [-0.15, -0.1) is 0 Å². The van der Waals surface area contributed by atoms with Crippen molar-refractivity contribution in [1.82, 2.24) is 5.06 Å². The predicted octanol–water partition coefficient (Wildman–Crippen LogP) is 3.84. The van der Waals surface area contributed by atoms with E-state index in [9.17, 15) is 10.0 Å². The molecule has 0 spiro atoms. The monoisotopic (exact) mass is 265 g/mol. The van der Waals surface area contributed by atoms with Gasteiger partial charge in [0.25, 0.3) is 0 Å². The van der Waals surface area contributed by atoms with Crippen LogP contribution < -0.4 is 0 Å². The Morgan fingerprint density at radius 3 is 2.42 bits per heavy atom. The number of benzene rings is 1. The minimum absolute atomic E-state index is 0.174. The first-order chi connectivity index (χ1) is 9.00. The Hall–Kier alpha value is -1.55. The molecule has 0 aliphatic carbocycles. The third-order valence-electron chi connectivity index (χ3n) is 2.97. The molecule has 0 bridgehead atoms. The number of hydrogen-bond donors (Lipinski definition) is 1. The highest BCUT2D eigenvalue weighted by Gasteiger charge is 2.19. The van der Waals surface area contributed by atoms with Crippen molar-refractivity contribution < 1.29 is 14.7 Å². The molecule has 0 heterocycles. The number of hydroxylamine groups is 2. The molecular weight excluding hydrogens is 242 g/mol. The molecule has 0 aliphatic heterocycles. The molecule has 4 heteroatoms. The molecule has 0 radical (unpaired) electrons. The highest BCUT2D eigenvalue weighted by molar-refractivity contribution is 5.66. The lowest BCUT2D eigenvalue weighted by Gasteiger charge is -2.22. The molecule has 0 fully saturated rings. The lowest BCUT2D eigenvalue weighted by molar-refractivity contribution is -0.104. The van der Waals surface area contributed by atoms with Crippen molar-refractivity contribution in [2.45, 2.75) is 46.3 Å². The van der Waals surface area contributed by atoms with Gasteiger partial charge in [0, 0.05) is 0 Å². The Balaban J connectivity index is 2.36. The van der Waals surface area contributed by atoms with E-state index in [-0.39, 0.29) is 12.6 Å². The van der Waals surface area contributed by atoms with Crippen LogP contribution in [-0.2, 0) is 11.3 Å². The molecule has 19 heavy (non-hydrogen) atoms. The van der Waals surface area contributed by atoms with E-state index in [4.69, 9.17) is 4.74 Å². The highest BCUT2D eigenvalue weighted by Crippen LogP contribution is 2.12. The Morgan fingerprint density at radius 2 is 1.84 bits per heavy atom. The van der Waals surface area contributed by atoms with E-state index >= 15 is 0 Å². The lowest BCUT2D eigenvalue weighted by atomic mass is 10.0. The average molecular weight is 265 g/mol. The second-order valence-corrected chi connectivity index (χ2v) is 5.20. The van der Waals surface area contributed by atoms with Gasteiger partial charge >= 0.3 is 6.09 Å². The van der Waals surface area contributed by atoms with Crippen molar-refractivity contribution in [3.63, 3.8) is 0 Å². The Bertz CT molecular complexity index is 378. The van der Waals surface area contributed by atoms with Gasteiger partial charge in [-0.25, -0.2) is 4.79 Å². The van der Waals surface area contributed by atoms with E-state index in [0.717, 1.165) is 18.4 Å². The standard InChI is InChI=1S/C15H23NO3/c1-12(2)9-10-13(3)16(18)15(17)19-11-14-7-5-4-6-8-14/h4-8,12-13,18H,9-11H2,1-3H3. The van der Waals surface area contributed by atoms with Gasteiger partial charge in [-0.05, 0) is 31.2 Å². The molecule has 0 saturated carbocycles. The van der Waals surface area contributed by atoms with Crippen LogP contribution in [0.25, 0.3) is 0 Å². The molecule has 1 atom stereocenters. The van der Waals surface area contributed by atoms with E-state index in [1.807, 2.05) is 37.3 Å². The minimum atomic E-state index is -0.694. The quantitative estimate of drug-likeness (QED) is 0.628. The van der Waals surface area contributed by atoms with Gasteiger partial charge in [0.15, 0.2) is 0 Å². The van der Waals surface area contributed by atoms with Crippen molar-refractivity contribution in [2.75, 3.05) is 0 Å². The molecule has 106 valence electrons. The van der Waals surface area contributed by atoms with E-state index in [1.165, 1.54) is 0 Å². The van der Waals surface area contributed by atoms with Gasteiger partial charge in [0.2, 0.25) is 0 Å². The maximum absolute atomic E-state index is 11.7. The van der Waals surface area contributed by atoms with E-state index in [2.05, 4.69) is 13.8 Å². The van der Waals surface area contributed by atoms with Crippen LogP contribution in [0.5, 0.6) is 0 Å². The maximum Gasteiger partial charge on any atom is 0.434 e. The lowest BCUT2D eigenvalue weighted by Crippen LogP contribution is -2.36. The Kier molecular flexibility index (Phi) is 6.36. The van der Waals surface area contributed by atoms with Crippen LogP contribution in [0.1, 0.15) is 39.2 Å². The van der Waals surface area contributed by atoms with Crippen molar-refractivity contribution in [3.8, 4) is 0 Å². The van der Waals surface area contributed by atoms with Crippen LogP contribution in [0.15, 0.2) is 30.3 Å². The third-order valence-corrected chi connectivity index (χ3v) is 2.97. The van der Waals surface area contributed by atoms with Crippen molar-refractivity contribution in [2.24, 2.45) is 5.92 Å². The van der Waals surface area contributed by atoms with Gasteiger partial charge in [-0.2, -0.15) is 5.06 Å². The largest absolute Gasteiger partial charge is 0.443 e. The Labute approximate surface area is 114 Å². The summed E-state index contributed by atoms with van der Waals surface area (Å²) in [4.78, 5) is 11.7. The summed E-state index contributed by atoms with van der Waals surface area (Å²) in [6.07, 6.45) is 1.03. The molecule has 0 aliphatic rings. The summed E-state index contributed by atoms with van der Waals surface area (Å²) in [5.74, 6) is 0.552. The molecule has 1 rings (SSSR count). The fourth-order valence-electron chi connectivity index (χ4n) is 1.66. The number of rotatable bonds is 6. The SMILES string of the molecule is CC(C)CCC(C)N(O)C(=O)OCc1ccccc1. The molecule has 1 amide bonds. The number of carbonyl (C=O) groups is 1. The smallest absolute Gasteiger partial charge is 0.434 e. The summed E-state index contributed by atoms with van der Waals surface area (Å²) in [7, 11) is 0. The molecule has 0 saturated heterocycles. The van der Waals surface area contributed by atoms with Crippen LogP contribution >= 0.6 is 0 Å². The van der Waals surface area contributed by atoms with E-state index < -0.39 is 6.09 Å². The van der Waals surface area contributed by atoms with Gasteiger partial charge in [0.05, 0.1) is 6.04 Å². The van der Waals surface area contributed by atoms with E-state index in [0.29, 0.717) is 11.0 Å². The zero-order chi connectivity index (χ0) is 14.3. The predicted molar refractivity (Wildman–Crippen MR) is 73.8 cm³/mol. The van der Waals surface area contributed by atoms with Crippen LogP contribution in [-0.4, -0.2) is 22.4 Å². The number of amides is 1. The van der Waals surface area contributed by atoms with Gasteiger partial charge in [0.1, 0.15) is 6.61 Å². The zero-order valence-electron chi connectivity index (χ0n) is 11.9. The molecule has 1 unspecified atom stereocenters. The maximum atomic E-state index is 11.7. The van der Waals surface area contributed by atoms with Gasteiger partial charge < -0.3 is 4.74 Å². The summed E-state index contributed by atoms with van der Waals surface area (Å²) >= 11 is 0. The topological polar surface area (TPSA) is 49.8 Å². The molecule has 1 aromatic carbocycles. The second kappa shape index (κ2) is 7.79. The fourth-order valence-corrected chi connectivity index (χ4v) is 1.66. The third kappa shape index (κ3) is 5.75. The number of ether oxygens (including phenoxy) is 1. The van der Waals surface area contributed by atoms with E-state index in [1.54, 1.807) is 0 Å². The fraction of sp³-hybridized carbons (Fsp3) is 0.533. The first-order valence-corrected chi connectivity index (χ1v) is 6.69. The van der Waals surface area contributed by atoms with Gasteiger partial charge in [-0.3, -0.25) is 5.21 Å². The zero-order valence-corrected chi connectivity index (χ0v) is 11.9. The van der Waals surface area contributed by atoms with Crippen molar-refractivity contribution >= 4 is 6.09 Å². The average Bonchev–Trinajstić information content (AvgIpc) is 2.42. The molecular formula is C15H23NO3. The van der Waals surface area contributed by atoms with Crippen LogP contribution in [0.3, 0.4) is 0 Å². The summed E-state index contributed by atoms with van der Waals surface area (Å²) in [5, 5.41) is 10.4. The number of carbonyl (C=O) groups excluding carboxylic acids is 1. The van der Waals surface area contributed by atoms with Crippen LogP contribution in [0, 0.1) is 5.92 Å². The molecule has 0 aromatic heterocycles. The van der Waals surface area contributed by atoms with Crippen molar-refractivity contribution in [3.05, 3.63) is 35.9 Å². The normalized spacial score (nSPS) is 12.3. The minimum Gasteiger partial charge on any atom is -0.443 e. The molecule has 1 aromatic rings. The number of hydrogen-bond acceptors (Lipinski definition) is 3. The summed E-state index contributed by atoms with van der Waals surface area (Å²) < 4.78 is 5.05.